The highest BCUT2D eigenvalue weighted by Crippen LogP contribution is 2.26. The molecular weight excluding hydrogens is 246 g/mol. The van der Waals surface area contributed by atoms with E-state index in [4.69, 9.17) is 5.73 Å². The molecule has 1 heterocycles. The van der Waals surface area contributed by atoms with Crippen LogP contribution >= 0.6 is 0 Å². The van der Waals surface area contributed by atoms with E-state index in [1.165, 1.54) is 19.3 Å². The van der Waals surface area contributed by atoms with E-state index in [1.807, 2.05) is 4.90 Å². The summed E-state index contributed by atoms with van der Waals surface area (Å²) in [6.45, 7) is 2.23. The van der Waals surface area contributed by atoms with Crippen molar-refractivity contribution in [3.63, 3.8) is 0 Å². The monoisotopic (exact) mass is 269 g/mol. The number of hydrogen-bond acceptors (Lipinski definition) is 4. The first-order valence-electron chi connectivity index (χ1n) is 7.01. The van der Waals surface area contributed by atoms with Gasteiger partial charge in [0, 0.05) is 19.1 Å². The number of carbonyl (C=O) groups is 2. The maximum absolute atomic E-state index is 11.2. The number of rotatable bonds is 6. The van der Waals surface area contributed by atoms with Gasteiger partial charge in [-0.3, -0.25) is 14.5 Å². The van der Waals surface area contributed by atoms with Crippen LogP contribution in [-0.2, 0) is 9.59 Å². The van der Waals surface area contributed by atoms with Crippen molar-refractivity contribution >= 4 is 11.9 Å². The van der Waals surface area contributed by atoms with Crippen molar-refractivity contribution in [2.24, 2.45) is 17.6 Å². The summed E-state index contributed by atoms with van der Waals surface area (Å²) in [5, 5.41) is 12.6. The van der Waals surface area contributed by atoms with E-state index in [0.29, 0.717) is 19.5 Å². The number of aliphatic carboxylic acids is 1. The zero-order valence-corrected chi connectivity index (χ0v) is 11.2. The molecule has 0 spiro atoms. The number of nitrogens with two attached hydrogens (primary N) is 1. The molecule has 4 N–H and O–H groups in total. The fraction of sp³-hybridized carbons (Fsp3) is 0.846. The van der Waals surface area contributed by atoms with E-state index in [-0.39, 0.29) is 12.6 Å². The summed E-state index contributed by atoms with van der Waals surface area (Å²) in [4.78, 5) is 24.0. The predicted molar refractivity (Wildman–Crippen MR) is 70.5 cm³/mol. The van der Waals surface area contributed by atoms with Crippen LogP contribution in [0.1, 0.15) is 25.7 Å². The lowest BCUT2D eigenvalue weighted by Crippen LogP contribution is -2.53. The number of primary amides is 1. The Balaban J connectivity index is 1.85. The van der Waals surface area contributed by atoms with Gasteiger partial charge in [-0.1, -0.05) is 6.42 Å². The summed E-state index contributed by atoms with van der Waals surface area (Å²) in [6.07, 6.45) is 4.49. The van der Waals surface area contributed by atoms with Gasteiger partial charge in [0.1, 0.15) is 0 Å². The maximum atomic E-state index is 11.2. The molecule has 19 heavy (non-hydrogen) atoms. The molecule has 108 valence electrons. The molecule has 2 unspecified atom stereocenters. The van der Waals surface area contributed by atoms with Crippen molar-refractivity contribution < 1.29 is 14.7 Å². The van der Waals surface area contributed by atoms with E-state index in [2.05, 4.69) is 5.32 Å². The number of carboxylic acid groups (broad SMARTS) is 1. The van der Waals surface area contributed by atoms with E-state index in [9.17, 15) is 14.7 Å². The molecule has 1 saturated carbocycles. The Labute approximate surface area is 113 Å². The van der Waals surface area contributed by atoms with Gasteiger partial charge in [0.05, 0.1) is 12.5 Å². The van der Waals surface area contributed by atoms with Gasteiger partial charge in [0.2, 0.25) is 5.91 Å². The van der Waals surface area contributed by atoms with Gasteiger partial charge in [0.15, 0.2) is 0 Å². The van der Waals surface area contributed by atoms with E-state index in [0.717, 1.165) is 12.5 Å². The molecule has 2 atom stereocenters. The van der Waals surface area contributed by atoms with Gasteiger partial charge in [-0.25, -0.2) is 0 Å². The van der Waals surface area contributed by atoms with Crippen molar-refractivity contribution in [3.05, 3.63) is 0 Å². The molecule has 2 fully saturated rings. The van der Waals surface area contributed by atoms with Crippen LogP contribution in [0, 0.1) is 11.8 Å². The number of piperidine rings is 1. The molecular formula is C13H23N3O3. The Bertz CT molecular complexity index is 344. The number of amides is 1. The van der Waals surface area contributed by atoms with E-state index in [1.54, 1.807) is 0 Å². The smallest absolute Gasteiger partial charge is 0.307 e. The normalized spacial score (nSPS) is 28.8. The third-order valence-corrected chi connectivity index (χ3v) is 4.17. The molecule has 1 aliphatic carbocycles. The molecule has 0 aromatic rings. The van der Waals surface area contributed by atoms with Crippen LogP contribution in [0.15, 0.2) is 0 Å². The summed E-state index contributed by atoms with van der Waals surface area (Å²) < 4.78 is 0. The maximum Gasteiger partial charge on any atom is 0.307 e. The third kappa shape index (κ3) is 4.18. The zero-order valence-electron chi connectivity index (χ0n) is 11.2. The molecule has 2 aliphatic rings. The van der Waals surface area contributed by atoms with Crippen molar-refractivity contribution in [2.75, 3.05) is 26.2 Å². The van der Waals surface area contributed by atoms with Crippen LogP contribution in [0.3, 0.4) is 0 Å². The lowest BCUT2D eigenvalue weighted by Gasteiger charge is -2.37. The first kappa shape index (κ1) is 14.3. The van der Waals surface area contributed by atoms with Gasteiger partial charge < -0.3 is 16.2 Å². The number of nitrogens with one attached hydrogen (secondary N) is 1. The summed E-state index contributed by atoms with van der Waals surface area (Å²) in [5.41, 5.74) is 5.19. The Morgan fingerprint density at radius 3 is 2.58 bits per heavy atom. The fourth-order valence-corrected chi connectivity index (χ4v) is 2.90. The van der Waals surface area contributed by atoms with Crippen molar-refractivity contribution in [1.82, 2.24) is 10.2 Å². The van der Waals surface area contributed by atoms with Gasteiger partial charge in [-0.15, -0.1) is 0 Å². The molecule has 1 amide bonds. The highest BCUT2D eigenvalue weighted by molar-refractivity contribution is 5.76. The van der Waals surface area contributed by atoms with Gasteiger partial charge in [-0.2, -0.15) is 0 Å². The van der Waals surface area contributed by atoms with E-state index >= 15 is 0 Å². The lowest BCUT2D eigenvalue weighted by atomic mass is 9.85. The van der Waals surface area contributed by atoms with E-state index < -0.39 is 17.8 Å². The molecule has 6 nitrogen and oxygen atoms in total. The first-order valence-corrected chi connectivity index (χ1v) is 7.01. The molecule has 0 bridgehead atoms. The lowest BCUT2D eigenvalue weighted by molar-refractivity contribution is -0.144. The standard InChI is InChI=1S/C13H23N3O3/c14-12(17)8-16-6-10(13(18)19)4-11(7-16)15-5-9-2-1-3-9/h9-11,15H,1-8H2,(H2,14,17)(H,18,19). The van der Waals surface area contributed by atoms with Crippen molar-refractivity contribution in [2.45, 2.75) is 31.7 Å². The number of nitrogens with zero attached hydrogens (tertiary/aromatic N) is 1. The van der Waals surface area contributed by atoms with Crippen LogP contribution in [0.5, 0.6) is 0 Å². The van der Waals surface area contributed by atoms with Gasteiger partial charge in [-0.05, 0) is 31.7 Å². The Hall–Kier alpha value is -1.14. The summed E-state index contributed by atoms with van der Waals surface area (Å²) >= 11 is 0. The fourth-order valence-electron chi connectivity index (χ4n) is 2.90. The number of carboxylic acids is 1. The minimum Gasteiger partial charge on any atom is -0.481 e. The minimum absolute atomic E-state index is 0.144. The highest BCUT2D eigenvalue weighted by Gasteiger charge is 2.32. The second-order valence-electron chi connectivity index (χ2n) is 5.83. The average Bonchev–Trinajstić information content (AvgIpc) is 2.25. The van der Waals surface area contributed by atoms with Crippen LogP contribution in [-0.4, -0.2) is 54.1 Å². The molecule has 0 aromatic carbocycles. The summed E-state index contributed by atoms with van der Waals surface area (Å²) in [6, 6.07) is 0.148. The molecule has 1 aliphatic heterocycles. The van der Waals surface area contributed by atoms with Crippen LogP contribution in [0.2, 0.25) is 0 Å². The Morgan fingerprint density at radius 2 is 2.05 bits per heavy atom. The number of hydrogen-bond donors (Lipinski definition) is 3. The molecule has 1 saturated heterocycles. The average molecular weight is 269 g/mol. The Kier molecular flexibility index (Phi) is 4.76. The SMILES string of the molecule is NC(=O)CN1CC(NCC2CCC2)CC(C(=O)O)C1. The second-order valence-corrected chi connectivity index (χ2v) is 5.83. The Morgan fingerprint density at radius 1 is 1.32 bits per heavy atom. The summed E-state index contributed by atoms with van der Waals surface area (Å²) in [7, 11) is 0. The molecule has 6 heteroatoms. The van der Waals surface area contributed by atoms with Crippen LogP contribution < -0.4 is 11.1 Å². The quantitative estimate of drug-likeness (QED) is 0.612. The zero-order chi connectivity index (χ0) is 13.8. The first-order chi connectivity index (χ1) is 9.04. The minimum atomic E-state index is -0.787. The van der Waals surface area contributed by atoms with Gasteiger partial charge >= 0.3 is 5.97 Å². The topological polar surface area (TPSA) is 95.7 Å². The van der Waals surface area contributed by atoms with Crippen molar-refractivity contribution in [3.8, 4) is 0 Å². The molecule has 2 rings (SSSR count). The second kappa shape index (κ2) is 6.34. The van der Waals surface area contributed by atoms with Crippen LogP contribution in [0.25, 0.3) is 0 Å². The highest BCUT2D eigenvalue weighted by atomic mass is 16.4. The van der Waals surface area contributed by atoms with Crippen molar-refractivity contribution in [1.29, 1.82) is 0 Å². The molecule has 0 aromatic heterocycles. The number of carbonyl (C=O) groups excluding carboxylic acids is 1. The summed E-state index contributed by atoms with van der Waals surface area (Å²) in [5.74, 6) is -0.852. The largest absolute Gasteiger partial charge is 0.481 e. The molecule has 0 radical (unpaired) electrons. The predicted octanol–water partition coefficient (Wildman–Crippen LogP) is -0.363. The number of likely N-dealkylation sites (tertiary alicyclic amines) is 1. The van der Waals surface area contributed by atoms with Crippen LogP contribution in [0.4, 0.5) is 0 Å². The third-order valence-electron chi connectivity index (χ3n) is 4.17. The van der Waals surface area contributed by atoms with Gasteiger partial charge in [0.25, 0.3) is 0 Å².